The third-order valence-corrected chi connectivity index (χ3v) is 3.05. The van der Waals surface area contributed by atoms with Crippen molar-refractivity contribution in [1.82, 2.24) is 9.97 Å². The lowest BCUT2D eigenvalue weighted by Gasteiger charge is -1.99. The van der Waals surface area contributed by atoms with Gasteiger partial charge in [-0.1, -0.05) is 0 Å². The monoisotopic (exact) mass is 219 g/mol. The van der Waals surface area contributed by atoms with Gasteiger partial charge in [-0.05, 0) is 11.6 Å². The SMILES string of the molecule is CS(=O)(=NC=O)c1cnc(Cl)nc1. The van der Waals surface area contributed by atoms with Crippen LogP contribution < -0.4 is 0 Å². The van der Waals surface area contributed by atoms with E-state index in [1.807, 2.05) is 0 Å². The maximum Gasteiger partial charge on any atom is 0.241 e. The fraction of sp³-hybridized carbons (Fsp3) is 0.167. The predicted molar refractivity (Wildman–Crippen MR) is 47.9 cm³/mol. The van der Waals surface area contributed by atoms with Gasteiger partial charge in [0.1, 0.15) is 0 Å². The second-order valence-corrected chi connectivity index (χ2v) is 4.83. The standard InChI is InChI=1S/C6H6ClN3O2S/c1-13(12,10-4-11)5-2-8-6(7)9-3-5/h2-4H,1H3. The van der Waals surface area contributed by atoms with E-state index in [-0.39, 0.29) is 16.6 Å². The second kappa shape index (κ2) is 3.80. The van der Waals surface area contributed by atoms with E-state index in [9.17, 15) is 9.00 Å². The Hall–Kier alpha value is -1.01. The van der Waals surface area contributed by atoms with E-state index >= 15 is 0 Å². The third kappa shape index (κ3) is 2.46. The minimum absolute atomic E-state index is 0.0602. The number of aromatic nitrogens is 2. The van der Waals surface area contributed by atoms with E-state index in [2.05, 4.69) is 14.3 Å². The molecule has 0 saturated carbocycles. The molecule has 0 saturated heterocycles. The Balaban J connectivity index is 3.24. The van der Waals surface area contributed by atoms with Crippen molar-refractivity contribution in [3.8, 4) is 0 Å². The van der Waals surface area contributed by atoms with Gasteiger partial charge in [0.2, 0.25) is 11.7 Å². The minimum Gasteiger partial charge on any atom is -0.276 e. The van der Waals surface area contributed by atoms with E-state index < -0.39 is 9.73 Å². The van der Waals surface area contributed by atoms with Gasteiger partial charge >= 0.3 is 0 Å². The average molecular weight is 220 g/mol. The van der Waals surface area contributed by atoms with Gasteiger partial charge in [-0.2, -0.15) is 4.36 Å². The summed E-state index contributed by atoms with van der Waals surface area (Å²) in [5.74, 6) is 0. The molecule has 0 aliphatic heterocycles. The van der Waals surface area contributed by atoms with Gasteiger partial charge in [-0.15, -0.1) is 0 Å². The van der Waals surface area contributed by atoms with Gasteiger partial charge in [-0.25, -0.2) is 14.2 Å². The molecule has 1 heterocycles. The molecule has 0 radical (unpaired) electrons. The number of halogens is 1. The summed E-state index contributed by atoms with van der Waals surface area (Å²) in [6.45, 7) is 0. The highest BCUT2D eigenvalue weighted by atomic mass is 35.5. The van der Waals surface area contributed by atoms with Crippen LogP contribution in [0.5, 0.6) is 0 Å². The molecule has 0 N–H and O–H groups in total. The Kier molecular flexibility index (Phi) is 2.94. The highest BCUT2D eigenvalue weighted by Gasteiger charge is 2.06. The number of hydrogen-bond acceptors (Lipinski definition) is 4. The Morgan fingerprint density at radius 2 is 2.08 bits per heavy atom. The van der Waals surface area contributed by atoms with E-state index in [1.165, 1.54) is 18.6 Å². The highest BCUT2D eigenvalue weighted by molar-refractivity contribution is 7.93. The topological polar surface area (TPSA) is 72.3 Å². The fourth-order valence-electron chi connectivity index (χ4n) is 0.639. The van der Waals surface area contributed by atoms with Crippen molar-refractivity contribution in [2.45, 2.75) is 4.90 Å². The molecule has 1 atom stereocenters. The number of carbonyl (C=O) groups is 1. The molecule has 5 nitrogen and oxygen atoms in total. The minimum atomic E-state index is -2.70. The van der Waals surface area contributed by atoms with E-state index in [0.717, 1.165) is 0 Å². The van der Waals surface area contributed by atoms with Gasteiger partial charge in [0, 0.05) is 18.6 Å². The average Bonchev–Trinajstić information content (AvgIpc) is 2.05. The van der Waals surface area contributed by atoms with Gasteiger partial charge in [0.15, 0.2) is 0 Å². The molecule has 1 aromatic rings. The number of hydrogen-bond donors (Lipinski definition) is 0. The molecule has 13 heavy (non-hydrogen) atoms. The fourth-order valence-corrected chi connectivity index (χ4v) is 1.52. The van der Waals surface area contributed by atoms with Gasteiger partial charge in [0.05, 0.1) is 14.6 Å². The molecule has 70 valence electrons. The van der Waals surface area contributed by atoms with Crippen LogP contribution in [0.1, 0.15) is 0 Å². The molecule has 0 aliphatic carbocycles. The zero-order valence-corrected chi connectivity index (χ0v) is 8.25. The first-order valence-corrected chi connectivity index (χ1v) is 5.49. The van der Waals surface area contributed by atoms with Crippen molar-refractivity contribution >= 4 is 27.7 Å². The van der Waals surface area contributed by atoms with Crippen molar-refractivity contribution < 1.29 is 9.00 Å². The van der Waals surface area contributed by atoms with E-state index in [0.29, 0.717) is 0 Å². The van der Waals surface area contributed by atoms with Gasteiger partial charge < -0.3 is 0 Å². The van der Waals surface area contributed by atoms with Crippen LogP contribution in [0.15, 0.2) is 21.7 Å². The third-order valence-electron chi connectivity index (χ3n) is 1.28. The van der Waals surface area contributed by atoms with Crippen LogP contribution in [0.25, 0.3) is 0 Å². The summed E-state index contributed by atoms with van der Waals surface area (Å²) < 4.78 is 14.9. The molecule has 0 aliphatic rings. The smallest absolute Gasteiger partial charge is 0.241 e. The maximum absolute atomic E-state index is 11.6. The molecule has 1 amide bonds. The number of amides is 1. The van der Waals surface area contributed by atoms with Crippen LogP contribution in [0.3, 0.4) is 0 Å². The first-order chi connectivity index (χ1) is 6.06. The molecule has 1 unspecified atom stereocenters. The summed E-state index contributed by atoms with van der Waals surface area (Å²) in [6.07, 6.45) is 4.14. The molecule has 0 fully saturated rings. The molecular weight excluding hydrogens is 214 g/mol. The predicted octanol–water partition coefficient (Wildman–Crippen LogP) is 0.743. The second-order valence-electron chi connectivity index (χ2n) is 2.20. The molecule has 0 aromatic carbocycles. The van der Waals surface area contributed by atoms with Crippen LogP contribution in [-0.4, -0.2) is 26.8 Å². The first-order valence-electron chi connectivity index (χ1n) is 3.19. The van der Waals surface area contributed by atoms with Crippen LogP contribution in [-0.2, 0) is 14.5 Å². The maximum atomic E-state index is 11.6. The first kappa shape index (κ1) is 10.1. The summed E-state index contributed by atoms with van der Waals surface area (Å²) in [5.41, 5.74) is 0. The Labute approximate surface area is 80.3 Å². The molecule has 0 bridgehead atoms. The molecule has 1 rings (SSSR count). The van der Waals surface area contributed by atoms with Crippen LogP contribution in [0, 0.1) is 0 Å². The van der Waals surface area contributed by atoms with E-state index in [4.69, 9.17) is 11.6 Å². The van der Waals surface area contributed by atoms with Gasteiger partial charge in [-0.3, -0.25) is 4.79 Å². The number of carbonyl (C=O) groups excluding carboxylic acids is 1. The van der Waals surface area contributed by atoms with Crippen LogP contribution in [0.2, 0.25) is 5.28 Å². The Bertz CT molecular complexity index is 422. The van der Waals surface area contributed by atoms with E-state index in [1.54, 1.807) is 0 Å². The zero-order chi connectivity index (χ0) is 9.90. The summed E-state index contributed by atoms with van der Waals surface area (Å²) >= 11 is 5.42. The number of rotatable bonds is 2. The summed E-state index contributed by atoms with van der Waals surface area (Å²) in [7, 11) is -2.70. The summed E-state index contributed by atoms with van der Waals surface area (Å²) in [4.78, 5) is 17.6. The highest BCUT2D eigenvalue weighted by Crippen LogP contribution is 2.09. The van der Waals surface area contributed by atoms with Crippen molar-refractivity contribution in [2.75, 3.05) is 6.26 Å². The summed E-state index contributed by atoms with van der Waals surface area (Å²) in [6, 6.07) is 0. The lowest BCUT2D eigenvalue weighted by molar-refractivity contribution is -0.106. The lowest BCUT2D eigenvalue weighted by atomic mass is 10.7. The van der Waals surface area contributed by atoms with Gasteiger partial charge in [0.25, 0.3) is 0 Å². The van der Waals surface area contributed by atoms with Crippen LogP contribution in [0.4, 0.5) is 0 Å². The van der Waals surface area contributed by atoms with Crippen LogP contribution >= 0.6 is 11.6 Å². The summed E-state index contributed by atoms with van der Waals surface area (Å²) in [5, 5.41) is 0.0602. The van der Waals surface area contributed by atoms with Crippen molar-refractivity contribution in [2.24, 2.45) is 4.36 Å². The van der Waals surface area contributed by atoms with Crippen molar-refractivity contribution in [1.29, 1.82) is 0 Å². The molecule has 0 spiro atoms. The molecule has 1 aromatic heterocycles. The Morgan fingerprint density at radius 1 is 1.54 bits per heavy atom. The normalized spacial score (nSPS) is 14.6. The van der Waals surface area contributed by atoms with Crippen molar-refractivity contribution in [3.05, 3.63) is 17.7 Å². The largest absolute Gasteiger partial charge is 0.276 e. The quantitative estimate of drug-likeness (QED) is 0.543. The lowest BCUT2D eigenvalue weighted by Crippen LogP contribution is -1.99. The molecular formula is C6H6ClN3O2S. The zero-order valence-electron chi connectivity index (χ0n) is 6.68. The Morgan fingerprint density at radius 3 is 2.54 bits per heavy atom. The number of nitrogens with zero attached hydrogens (tertiary/aromatic N) is 3. The van der Waals surface area contributed by atoms with Crippen molar-refractivity contribution in [3.63, 3.8) is 0 Å². The molecule has 7 heteroatoms.